The maximum absolute atomic E-state index is 13.6. The number of carbonyl (C=O) groups is 1. The van der Waals surface area contributed by atoms with Crippen LogP contribution >= 0.6 is 0 Å². The summed E-state index contributed by atoms with van der Waals surface area (Å²) in [7, 11) is 0. The minimum atomic E-state index is -1.04. The molecule has 0 saturated heterocycles. The molecule has 1 aromatic carbocycles. The summed E-state index contributed by atoms with van der Waals surface area (Å²) in [6.45, 7) is 3.93. The summed E-state index contributed by atoms with van der Waals surface area (Å²) in [4.78, 5) is 21.2. The van der Waals surface area contributed by atoms with E-state index >= 15 is 0 Å². The van der Waals surface area contributed by atoms with E-state index in [0.29, 0.717) is 30.0 Å². The quantitative estimate of drug-likeness (QED) is 0.502. The van der Waals surface area contributed by atoms with Gasteiger partial charge in [-0.15, -0.1) is 0 Å². The first-order chi connectivity index (χ1) is 12.6. The summed E-state index contributed by atoms with van der Waals surface area (Å²) in [5.74, 6) is -0.646. The molecular formula is C19H15F2N3O2. The summed E-state index contributed by atoms with van der Waals surface area (Å²) in [5, 5.41) is 0. The van der Waals surface area contributed by atoms with Crippen LogP contribution in [0.5, 0.6) is 5.75 Å². The van der Waals surface area contributed by atoms with Crippen molar-refractivity contribution in [1.82, 2.24) is 14.4 Å². The van der Waals surface area contributed by atoms with Crippen LogP contribution in [-0.2, 0) is 0 Å². The van der Waals surface area contributed by atoms with E-state index in [0.717, 1.165) is 12.4 Å². The highest BCUT2D eigenvalue weighted by atomic mass is 19.1. The van der Waals surface area contributed by atoms with E-state index in [1.807, 2.05) is 0 Å². The van der Waals surface area contributed by atoms with Gasteiger partial charge in [-0.25, -0.2) is 18.7 Å². The van der Waals surface area contributed by atoms with Crippen molar-refractivity contribution in [2.45, 2.75) is 18.5 Å². The second-order valence-electron chi connectivity index (χ2n) is 6.10. The zero-order valence-corrected chi connectivity index (χ0v) is 13.7. The number of benzene rings is 1. The van der Waals surface area contributed by atoms with Gasteiger partial charge in [0.1, 0.15) is 24.2 Å². The van der Waals surface area contributed by atoms with Crippen LogP contribution in [0.1, 0.15) is 34.1 Å². The zero-order chi connectivity index (χ0) is 18.3. The first-order valence-electron chi connectivity index (χ1n) is 8.14. The molecule has 7 heteroatoms. The predicted octanol–water partition coefficient (Wildman–Crippen LogP) is 3.49. The monoisotopic (exact) mass is 355 g/mol. The smallest absolute Gasteiger partial charge is 0.234 e. The molecule has 0 bridgehead atoms. The van der Waals surface area contributed by atoms with Gasteiger partial charge >= 0.3 is 0 Å². The third-order valence-electron chi connectivity index (χ3n) is 4.24. The lowest BCUT2D eigenvalue weighted by Crippen LogP contribution is -2.09. The Morgan fingerprint density at radius 1 is 1.38 bits per heavy atom. The van der Waals surface area contributed by atoms with Crippen LogP contribution in [0.3, 0.4) is 0 Å². The molecule has 4 rings (SSSR count). The minimum absolute atomic E-state index is 0.150. The van der Waals surface area contributed by atoms with Gasteiger partial charge in [0.25, 0.3) is 0 Å². The molecule has 2 atom stereocenters. The van der Waals surface area contributed by atoms with Crippen molar-refractivity contribution in [3.63, 3.8) is 0 Å². The van der Waals surface area contributed by atoms with Crippen molar-refractivity contribution >= 4 is 11.6 Å². The molecule has 5 nitrogen and oxygen atoms in total. The first kappa shape index (κ1) is 16.4. The van der Waals surface area contributed by atoms with Crippen LogP contribution in [0.25, 0.3) is 5.78 Å². The highest BCUT2D eigenvalue weighted by Crippen LogP contribution is 2.44. The van der Waals surface area contributed by atoms with Crippen molar-refractivity contribution in [3.8, 4) is 5.75 Å². The van der Waals surface area contributed by atoms with E-state index in [9.17, 15) is 13.6 Å². The molecule has 0 aliphatic heterocycles. The predicted molar refractivity (Wildman–Crippen MR) is 90.8 cm³/mol. The first-order valence-corrected chi connectivity index (χ1v) is 8.14. The molecule has 0 N–H and O–H groups in total. The highest BCUT2D eigenvalue weighted by Gasteiger charge is 2.44. The Hall–Kier alpha value is -3.09. The van der Waals surface area contributed by atoms with Gasteiger partial charge in [0.05, 0.1) is 18.1 Å². The fraction of sp³-hybridized carbons (Fsp3) is 0.211. The molecule has 0 amide bonds. The molecule has 132 valence electrons. The van der Waals surface area contributed by atoms with Crippen molar-refractivity contribution in [2.75, 3.05) is 6.61 Å². The minimum Gasteiger partial charge on any atom is -0.490 e. The maximum Gasteiger partial charge on any atom is 0.234 e. The number of fused-ring (bicyclic) bond motifs is 1. The molecule has 3 aromatic rings. The SMILES string of the molecule is C=CCOc1ccc(C(=O)c2c([C@@H]3C[C@@H]3F)nc3ncc(F)cn23)cc1. The number of carbonyl (C=O) groups excluding carboxylic acids is 1. The summed E-state index contributed by atoms with van der Waals surface area (Å²) >= 11 is 0. The Kier molecular flexibility index (Phi) is 3.99. The fourth-order valence-corrected chi connectivity index (χ4v) is 2.85. The van der Waals surface area contributed by atoms with Crippen LogP contribution in [0, 0.1) is 5.82 Å². The number of rotatable bonds is 6. The van der Waals surface area contributed by atoms with E-state index in [2.05, 4.69) is 16.5 Å². The molecule has 2 aromatic heterocycles. The Bertz CT molecular complexity index is 998. The van der Waals surface area contributed by atoms with Crippen LogP contribution in [0.4, 0.5) is 8.78 Å². The lowest BCUT2D eigenvalue weighted by Gasteiger charge is -2.06. The van der Waals surface area contributed by atoms with Crippen molar-refractivity contribution < 1.29 is 18.3 Å². The number of ether oxygens (including phenoxy) is 1. The van der Waals surface area contributed by atoms with E-state index in [-0.39, 0.29) is 17.3 Å². The van der Waals surface area contributed by atoms with Crippen LogP contribution < -0.4 is 4.74 Å². The average Bonchev–Trinajstić information content (AvgIpc) is 3.25. The molecule has 0 radical (unpaired) electrons. The zero-order valence-electron chi connectivity index (χ0n) is 13.7. The number of imidazole rings is 1. The second-order valence-corrected chi connectivity index (χ2v) is 6.10. The number of alkyl halides is 1. The van der Waals surface area contributed by atoms with E-state index in [1.165, 1.54) is 4.40 Å². The summed E-state index contributed by atoms with van der Waals surface area (Å²) in [6.07, 6.45) is 3.05. The molecule has 1 fully saturated rings. The highest BCUT2D eigenvalue weighted by molar-refractivity contribution is 6.09. The number of hydrogen-bond acceptors (Lipinski definition) is 4. The number of hydrogen-bond donors (Lipinski definition) is 0. The molecule has 0 unspecified atom stereocenters. The van der Waals surface area contributed by atoms with Gasteiger partial charge in [-0.3, -0.25) is 9.20 Å². The summed E-state index contributed by atoms with van der Waals surface area (Å²) in [5.41, 5.74) is 0.851. The van der Waals surface area contributed by atoms with Crippen LogP contribution in [-0.4, -0.2) is 32.9 Å². The normalized spacial score (nSPS) is 18.7. The van der Waals surface area contributed by atoms with Gasteiger partial charge in [0.15, 0.2) is 5.82 Å². The third kappa shape index (κ3) is 2.85. The van der Waals surface area contributed by atoms with Gasteiger partial charge in [-0.05, 0) is 30.7 Å². The maximum atomic E-state index is 13.6. The Balaban J connectivity index is 1.76. The van der Waals surface area contributed by atoms with Crippen molar-refractivity contribution in [2.24, 2.45) is 0 Å². The number of ketones is 1. The summed E-state index contributed by atoms with van der Waals surface area (Å²) in [6, 6.07) is 6.54. The molecule has 2 heterocycles. The fourth-order valence-electron chi connectivity index (χ4n) is 2.85. The lowest BCUT2D eigenvalue weighted by molar-refractivity contribution is 0.103. The molecule has 0 spiro atoms. The largest absolute Gasteiger partial charge is 0.490 e. The molecule has 1 aliphatic rings. The Labute approximate surface area is 148 Å². The Morgan fingerprint density at radius 3 is 2.77 bits per heavy atom. The third-order valence-corrected chi connectivity index (χ3v) is 4.24. The Morgan fingerprint density at radius 2 is 2.12 bits per heavy atom. The van der Waals surface area contributed by atoms with E-state index in [4.69, 9.17) is 4.74 Å². The topological polar surface area (TPSA) is 56.5 Å². The van der Waals surface area contributed by atoms with Gasteiger partial charge in [-0.1, -0.05) is 12.7 Å². The van der Waals surface area contributed by atoms with Crippen molar-refractivity contribution in [1.29, 1.82) is 0 Å². The van der Waals surface area contributed by atoms with E-state index < -0.39 is 17.9 Å². The average molecular weight is 355 g/mol. The molecule has 26 heavy (non-hydrogen) atoms. The summed E-state index contributed by atoms with van der Waals surface area (Å²) < 4.78 is 33.9. The van der Waals surface area contributed by atoms with Crippen LogP contribution in [0.2, 0.25) is 0 Å². The van der Waals surface area contributed by atoms with Gasteiger partial charge in [-0.2, -0.15) is 0 Å². The number of halogens is 2. The number of aromatic nitrogens is 3. The molecule has 1 aliphatic carbocycles. The standard InChI is InChI=1S/C19H15F2N3O2/c1-2-7-26-13-5-3-11(4-6-13)18(25)17-16(14-8-15(14)21)23-19-22-9-12(20)10-24(17)19/h2-6,9-10,14-15H,1,7-8H2/t14-,15+/m1/s1. The second kappa shape index (κ2) is 6.33. The van der Waals surface area contributed by atoms with Gasteiger partial charge in [0, 0.05) is 11.5 Å². The van der Waals surface area contributed by atoms with E-state index in [1.54, 1.807) is 30.3 Å². The van der Waals surface area contributed by atoms with Crippen LogP contribution in [0.15, 0.2) is 49.3 Å². The van der Waals surface area contributed by atoms with Gasteiger partial charge in [0.2, 0.25) is 11.6 Å². The van der Waals surface area contributed by atoms with Gasteiger partial charge < -0.3 is 4.74 Å². The lowest BCUT2D eigenvalue weighted by atomic mass is 10.0. The molecular weight excluding hydrogens is 340 g/mol. The number of nitrogens with zero attached hydrogens (tertiary/aromatic N) is 3. The van der Waals surface area contributed by atoms with Crippen molar-refractivity contribution in [3.05, 3.63) is 72.1 Å². The molecule has 1 saturated carbocycles.